The van der Waals surface area contributed by atoms with E-state index in [-0.39, 0.29) is 11.2 Å². The Hall–Kier alpha value is -2.46. The Bertz CT molecular complexity index is 828. The van der Waals surface area contributed by atoms with Crippen molar-refractivity contribution in [3.8, 4) is 0 Å². The summed E-state index contributed by atoms with van der Waals surface area (Å²) in [5.74, 6) is 0.0268. The highest BCUT2D eigenvalue weighted by Crippen LogP contribution is 2.35. The van der Waals surface area contributed by atoms with Gasteiger partial charge in [0.15, 0.2) is 0 Å². The molecule has 1 N–H and O–H groups in total. The summed E-state index contributed by atoms with van der Waals surface area (Å²) < 4.78 is 2.10. The molecule has 4 heteroatoms. The van der Waals surface area contributed by atoms with Crippen LogP contribution in [-0.2, 0) is 18.4 Å². The molecule has 1 unspecified atom stereocenters. The van der Waals surface area contributed by atoms with E-state index in [2.05, 4.69) is 28.9 Å². The molecule has 0 saturated heterocycles. The maximum atomic E-state index is 12.9. The first kappa shape index (κ1) is 17.4. The van der Waals surface area contributed by atoms with E-state index in [1.807, 2.05) is 67.7 Å². The van der Waals surface area contributed by atoms with Crippen LogP contribution in [0.25, 0.3) is 0 Å². The molecular weight excluding hydrogens is 328 g/mol. The molecule has 1 amide bonds. The quantitative estimate of drug-likeness (QED) is 0.665. The van der Waals surface area contributed by atoms with E-state index in [4.69, 9.17) is 0 Å². The van der Waals surface area contributed by atoms with E-state index >= 15 is 0 Å². The lowest BCUT2D eigenvalue weighted by atomic mass is 10.1. The summed E-state index contributed by atoms with van der Waals surface area (Å²) >= 11 is 1.58. The van der Waals surface area contributed by atoms with Crippen molar-refractivity contribution in [1.82, 2.24) is 9.88 Å². The van der Waals surface area contributed by atoms with Crippen molar-refractivity contribution in [2.24, 2.45) is 7.05 Å². The third-order valence-corrected chi connectivity index (χ3v) is 5.52. The van der Waals surface area contributed by atoms with Gasteiger partial charge >= 0.3 is 0 Å². The molecule has 3 aromatic rings. The Morgan fingerprint density at radius 2 is 1.64 bits per heavy atom. The van der Waals surface area contributed by atoms with E-state index in [0.717, 1.165) is 16.2 Å². The highest BCUT2D eigenvalue weighted by molar-refractivity contribution is 8.00. The minimum atomic E-state index is -0.273. The van der Waals surface area contributed by atoms with E-state index in [1.54, 1.807) is 11.8 Å². The number of aromatic nitrogens is 1. The average molecular weight is 350 g/mol. The maximum absolute atomic E-state index is 12.9. The summed E-state index contributed by atoms with van der Waals surface area (Å²) in [6.45, 7) is 2.59. The Kier molecular flexibility index (Phi) is 5.61. The minimum absolute atomic E-state index is 0.0268. The maximum Gasteiger partial charge on any atom is 0.238 e. The van der Waals surface area contributed by atoms with Gasteiger partial charge < -0.3 is 9.88 Å². The fourth-order valence-electron chi connectivity index (χ4n) is 2.65. The SMILES string of the molecule is Cc1ccc(CNC(=O)C(Sc2ccccc2)c2ccccc2)n1C. The molecule has 128 valence electrons. The lowest BCUT2D eigenvalue weighted by molar-refractivity contribution is -0.120. The van der Waals surface area contributed by atoms with E-state index in [9.17, 15) is 4.79 Å². The summed E-state index contributed by atoms with van der Waals surface area (Å²) in [4.78, 5) is 14.0. The van der Waals surface area contributed by atoms with Crippen LogP contribution in [0.4, 0.5) is 0 Å². The highest BCUT2D eigenvalue weighted by atomic mass is 32.2. The monoisotopic (exact) mass is 350 g/mol. The predicted molar refractivity (Wildman–Crippen MR) is 103 cm³/mol. The number of hydrogen-bond donors (Lipinski definition) is 1. The number of rotatable bonds is 6. The first-order valence-corrected chi connectivity index (χ1v) is 9.18. The summed E-state index contributed by atoms with van der Waals surface area (Å²) in [6, 6.07) is 24.1. The third kappa shape index (κ3) is 4.34. The number of aryl methyl sites for hydroxylation is 1. The number of nitrogens with one attached hydrogen (secondary N) is 1. The molecule has 0 aliphatic rings. The van der Waals surface area contributed by atoms with Gasteiger partial charge in [-0.05, 0) is 36.8 Å². The average Bonchev–Trinajstić information content (AvgIpc) is 2.98. The van der Waals surface area contributed by atoms with Gasteiger partial charge in [-0.3, -0.25) is 4.79 Å². The smallest absolute Gasteiger partial charge is 0.238 e. The molecule has 0 spiro atoms. The van der Waals surface area contributed by atoms with Crippen LogP contribution in [0.15, 0.2) is 77.7 Å². The molecule has 0 saturated carbocycles. The first-order valence-electron chi connectivity index (χ1n) is 8.30. The molecule has 0 aliphatic heterocycles. The van der Waals surface area contributed by atoms with E-state index in [1.165, 1.54) is 5.69 Å². The Labute approximate surface area is 153 Å². The predicted octanol–water partition coefficient (Wildman–Crippen LogP) is 4.48. The third-order valence-electron chi connectivity index (χ3n) is 4.26. The molecule has 0 bridgehead atoms. The summed E-state index contributed by atoms with van der Waals surface area (Å²) in [7, 11) is 2.02. The number of nitrogens with zero attached hydrogens (tertiary/aromatic N) is 1. The van der Waals surface area contributed by atoms with Crippen LogP contribution in [-0.4, -0.2) is 10.5 Å². The molecule has 0 fully saturated rings. The summed E-state index contributed by atoms with van der Waals surface area (Å²) in [5, 5.41) is 2.82. The van der Waals surface area contributed by atoms with Gasteiger partial charge in [-0.1, -0.05) is 48.5 Å². The van der Waals surface area contributed by atoms with E-state index in [0.29, 0.717) is 6.54 Å². The number of benzene rings is 2. The zero-order valence-corrected chi connectivity index (χ0v) is 15.3. The van der Waals surface area contributed by atoms with Crippen LogP contribution in [0.2, 0.25) is 0 Å². The molecule has 1 aromatic heterocycles. The van der Waals surface area contributed by atoms with Gasteiger partial charge in [-0.2, -0.15) is 0 Å². The summed E-state index contributed by atoms with van der Waals surface area (Å²) in [5.41, 5.74) is 3.29. The van der Waals surface area contributed by atoms with Gasteiger partial charge in [0.05, 0.1) is 6.54 Å². The second kappa shape index (κ2) is 8.08. The van der Waals surface area contributed by atoms with Crippen molar-refractivity contribution in [2.75, 3.05) is 0 Å². The van der Waals surface area contributed by atoms with E-state index < -0.39 is 0 Å². The molecular formula is C21H22N2OS. The number of thioether (sulfide) groups is 1. The Morgan fingerprint density at radius 3 is 2.24 bits per heavy atom. The van der Waals surface area contributed by atoms with Crippen molar-refractivity contribution >= 4 is 17.7 Å². The van der Waals surface area contributed by atoms with Crippen molar-refractivity contribution in [3.63, 3.8) is 0 Å². The minimum Gasteiger partial charge on any atom is -0.350 e. The fraction of sp³-hybridized carbons (Fsp3) is 0.190. The van der Waals surface area contributed by atoms with Gasteiger partial charge in [0.2, 0.25) is 5.91 Å². The highest BCUT2D eigenvalue weighted by Gasteiger charge is 2.22. The van der Waals surface area contributed by atoms with Crippen molar-refractivity contribution in [2.45, 2.75) is 23.6 Å². The zero-order valence-electron chi connectivity index (χ0n) is 14.5. The van der Waals surface area contributed by atoms with Gasteiger partial charge in [-0.15, -0.1) is 11.8 Å². The Morgan fingerprint density at radius 1 is 1.00 bits per heavy atom. The van der Waals surface area contributed by atoms with Crippen LogP contribution in [0.1, 0.15) is 22.2 Å². The standard InChI is InChI=1S/C21H22N2OS/c1-16-13-14-18(23(16)2)15-22-21(24)20(17-9-5-3-6-10-17)25-19-11-7-4-8-12-19/h3-14,20H,15H2,1-2H3,(H,22,24). The van der Waals surface area contributed by atoms with Crippen molar-refractivity contribution < 1.29 is 4.79 Å². The normalized spacial score (nSPS) is 11.9. The number of hydrogen-bond acceptors (Lipinski definition) is 2. The van der Waals surface area contributed by atoms with Gasteiger partial charge in [0.1, 0.15) is 5.25 Å². The molecule has 1 heterocycles. The number of carbonyl (C=O) groups is 1. The fourth-order valence-corrected chi connectivity index (χ4v) is 3.72. The van der Waals surface area contributed by atoms with Gasteiger partial charge in [-0.25, -0.2) is 0 Å². The lowest BCUT2D eigenvalue weighted by Crippen LogP contribution is -2.28. The molecule has 3 nitrogen and oxygen atoms in total. The van der Waals surface area contributed by atoms with Gasteiger partial charge in [0, 0.05) is 23.3 Å². The Balaban J connectivity index is 1.76. The zero-order chi connectivity index (χ0) is 17.6. The second-order valence-electron chi connectivity index (χ2n) is 5.96. The van der Waals surface area contributed by atoms with Crippen LogP contribution in [0.5, 0.6) is 0 Å². The first-order chi connectivity index (χ1) is 12.1. The number of carbonyl (C=O) groups excluding carboxylic acids is 1. The van der Waals surface area contributed by atoms with Crippen LogP contribution in [0, 0.1) is 6.92 Å². The molecule has 0 radical (unpaired) electrons. The molecule has 1 atom stereocenters. The topological polar surface area (TPSA) is 34.0 Å². The van der Waals surface area contributed by atoms with Gasteiger partial charge in [0.25, 0.3) is 0 Å². The van der Waals surface area contributed by atoms with Crippen LogP contribution >= 0.6 is 11.8 Å². The van der Waals surface area contributed by atoms with Crippen LogP contribution in [0.3, 0.4) is 0 Å². The molecule has 3 rings (SSSR count). The van der Waals surface area contributed by atoms with Crippen molar-refractivity contribution in [1.29, 1.82) is 0 Å². The van der Waals surface area contributed by atoms with Crippen LogP contribution < -0.4 is 5.32 Å². The van der Waals surface area contributed by atoms with Crippen molar-refractivity contribution in [3.05, 3.63) is 89.7 Å². The molecule has 2 aromatic carbocycles. The summed E-state index contributed by atoms with van der Waals surface area (Å²) in [6.07, 6.45) is 0. The largest absolute Gasteiger partial charge is 0.350 e. The molecule has 0 aliphatic carbocycles. The lowest BCUT2D eigenvalue weighted by Gasteiger charge is -2.17. The second-order valence-corrected chi connectivity index (χ2v) is 7.14. The molecule has 25 heavy (non-hydrogen) atoms. The number of amides is 1.